The number of aryl methyl sites for hydroxylation is 1. The lowest BCUT2D eigenvalue weighted by atomic mass is 10.1. The van der Waals surface area contributed by atoms with Gasteiger partial charge in [-0.2, -0.15) is 0 Å². The molecule has 0 bridgehead atoms. The second-order valence-corrected chi connectivity index (χ2v) is 9.20. The number of benzene rings is 1. The van der Waals surface area contributed by atoms with Crippen LogP contribution in [0.1, 0.15) is 25.6 Å². The molecule has 2 rings (SSSR count). The highest BCUT2D eigenvalue weighted by atomic mass is 32.2. The van der Waals surface area contributed by atoms with Crippen molar-refractivity contribution in [2.24, 2.45) is 0 Å². The highest BCUT2D eigenvalue weighted by Crippen LogP contribution is 2.32. The largest absolute Gasteiger partial charge is 0.357 e. The molecule has 0 aliphatic rings. The minimum atomic E-state index is -3.25. The highest BCUT2D eigenvalue weighted by molar-refractivity contribution is 7.92. The van der Waals surface area contributed by atoms with Crippen LogP contribution in [-0.2, 0) is 10.0 Å². The van der Waals surface area contributed by atoms with Gasteiger partial charge < -0.3 is 5.32 Å². The molecule has 7 heteroatoms. The van der Waals surface area contributed by atoms with E-state index < -0.39 is 10.0 Å². The molecule has 120 valence electrons. The molecule has 2 N–H and O–H groups in total. The predicted octanol–water partition coefficient (Wildman–Crippen LogP) is 3.70. The van der Waals surface area contributed by atoms with E-state index in [1.807, 2.05) is 19.1 Å². The standard InChI is InChI=1S/C15H21N3O2S2/c1-10-13(16-14(21-10)17-15(2,3)4)11-6-8-12(9-7-11)18-22(5,19)20/h6-9,18H,1-5H3,(H,16,17). The SMILES string of the molecule is Cc1sc(NC(C)(C)C)nc1-c1ccc(NS(C)(=O)=O)cc1. The molecule has 22 heavy (non-hydrogen) atoms. The average molecular weight is 339 g/mol. The number of anilines is 2. The molecule has 1 aromatic carbocycles. The maximum atomic E-state index is 11.2. The predicted molar refractivity (Wildman–Crippen MR) is 94.1 cm³/mol. The van der Waals surface area contributed by atoms with Gasteiger partial charge in [-0.15, -0.1) is 11.3 Å². The third kappa shape index (κ3) is 4.71. The zero-order valence-electron chi connectivity index (χ0n) is 13.4. The van der Waals surface area contributed by atoms with Gasteiger partial charge in [0, 0.05) is 21.7 Å². The van der Waals surface area contributed by atoms with Crippen LogP contribution in [0.2, 0.25) is 0 Å². The second kappa shape index (κ2) is 5.89. The van der Waals surface area contributed by atoms with Gasteiger partial charge in [0.15, 0.2) is 5.13 Å². The van der Waals surface area contributed by atoms with Crippen molar-refractivity contribution in [3.63, 3.8) is 0 Å². The Balaban J connectivity index is 2.25. The van der Waals surface area contributed by atoms with Crippen LogP contribution in [0.4, 0.5) is 10.8 Å². The van der Waals surface area contributed by atoms with E-state index in [2.05, 4.69) is 35.8 Å². The Morgan fingerprint density at radius 2 is 1.73 bits per heavy atom. The van der Waals surface area contributed by atoms with Gasteiger partial charge in [0.05, 0.1) is 11.9 Å². The molecule has 0 aliphatic carbocycles. The van der Waals surface area contributed by atoms with Gasteiger partial charge in [-0.05, 0) is 39.8 Å². The van der Waals surface area contributed by atoms with E-state index in [1.165, 1.54) is 0 Å². The summed E-state index contributed by atoms with van der Waals surface area (Å²) in [4.78, 5) is 5.76. The zero-order chi connectivity index (χ0) is 16.5. The molecule has 0 fully saturated rings. The van der Waals surface area contributed by atoms with Crippen LogP contribution in [-0.4, -0.2) is 25.2 Å². The summed E-state index contributed by atoms with van der Waals surface area (Å²) >= 11 is 1.62. The number of aromatic nitrogens is 1. The van der Waals surface area contributed by atoms with E-state index in [1.54, 1.807) is 23.5 Å². The summed E-state index contributed by atoms with van der Waals surface area (Å²) in [5.74, 6) is 0. The van der Waals surface area contributed by atoms with Crippen LogP contribution in [0.25, 0.3) is 11.3 Å². The summed E-state index contributed by atoms with van der Waals surface area (Å²) in [5.41, 5.74) is 2.40. The molecule has 0 atom stereocenters. The maximum Gasteiger partial charge on any atom is 0.229 e. The fraction of sp³-hybridized carbons (Fsp3) is 0.400. The zero-order valence-corrected chi connectivity index (χ0v) is 15.0. The third-order valence-electron chi connectivity index (χ3n) is 2.74. The molecule has 0 saturated carbocycles. The fourth-order valence-electron chi connectivity index (χ4n) is 1.95. The second-order valence-electron chi connectivity index (χ2n) is 6.25. The van der Waals surface area contributed by atoms with Crippen LogP contribution in [0, 0.1) is 6.92 Å². The van der Waals surface area contributed by atoms with Gasteiger partial charge in [0.25, 0.3) is 0 Å². The van der Waals surface area contributed by atoms with Crippen molar-refractivity contribution in [3.05, 3.63) is 29.1 Å². The maximum absolute atomic E-state index is 11.2. The van der Waals surface area contributed by atoms with Gasteiger partial charge in [0.2, 0.25) is 10.0 Å². The number of rotatable bonds is 4. The van der Waals surface area contributed by atoms with Gasteiger partial charge in [-0.1, -0.05) is 12.1 Å². The van der Waals surface area contributed by atoms with Crippen molar-refractivity contribution < 1.29 is 8.42 Å². The first-order valence-electron chi connectivity index (χ1n) is 6.87. The molecule has 0 amide bonds. The van der Waals surface area contributed by atoms with Crippen molar-refractivity contribution in [3.8, 4) is 11.3 Å². The van der Waals surface area contributed by atoms with Crippen molar-refractivity contribution in [1.29, 1.82) is 0 Å². The molecule has 0 unspecified atom stereocenters. The Morgan fingerprint density at radius 3 is 2.23 bits per heavy atom. The van der Waals surface area contributed by atoms with Gasteiger partial charge in [0.1, 0.15) is 0 Å². The van der Waals surface area contributed by atoms with E-state index in [4.69, 9.17) is 0 Å². The molecule has 2 aromatic rings. The van der Waals surface area contributed by atoms with E-state index in [0.29, 0.717) is 5.69 Å². The van der Waals surface area contributed by atoms with Crippen LogP contribution < -0.4 is 10.0 Å². The number of thiazole rings is 1. The topological polar surface area (TPSA) is 71.1 Å². The van der Waals surface area contributed by atoms with Crippen molar-refractivity contribution in [2.75, 3.05) is 16.3 Å². The first-order valence-corrected chi connectivity index (χ1v) is 9.58. The molecule has 1 aromatic heterocycles. The quantitative estimate of drug-likeness (QED) is 0.891. The molecule has 0 radical (unpaired) electrons. The molecule has 0 spiro atoms. The number of sulfonamides is 1. The van der Waals surface area contributed by atoms with Crippen LogP contribution in [0.3, 0.4) is 0 Å². The van der Waals surface area contributed by atoms with Crippen LogP contribution in [0.15, 0.2) is 24.3 Å². The Labute approximate surface area is 135 Å². The molecule has 0 aliphatic heterocycles. The minimum Gasteiger partial charge on any atom is -0.357 e. The number of hydrogen-bond acceptors (Lipinski definition) is 5. The Bertz CT molecular complexity index is 757. The summed E-state index contributed by atoms with van der Waals surface area (Å²) in [6.45, 7) is 8.31. The Hall–Kier alpha value is -1.60. The first kappa shape index (κ1) is 16.8. The molecular weight excluding hydrogens is 318 g/mol. The minimum absolute atomic E-state index is 0.0369. The van der Waals surface area contributed by atoms with E-state index in [9.17, 15) is 8.42 Å². The number of nitrogens with zero attached hydrogens (tertiary/aromatic N) is 1. The van der Waals surface area contributed by atoms with Gasteiger partial charge in [-0.3, -0.25) is 4.72 Å². The molecule has 0 saturated heterocycles. The van der Waals surface area contributed by atoms with Crippen molar-refractivity contribution in [1.82, 2.24) is 4.98 Å². The number of hydrogen-bond donors (Lipinski definition) is 2. The van der Waals surface area contributed by atoms with E-state index in [-0.39, 0.29) is 5.54 Å². The van der Waals surface area contributed by atoms with E-state index >= 15 is 0 Å². The van der Waals surface area contributed by atoms with Gasteiger partial charge in [-0.25, -0.2) is 13.4 Å². The molecule has 5 nitrogen and oxygen atoms in total. The van der Waals surface area contributed by atoms with Crippen LogP contribution >= 0.6 is 11.3 Å². The Kier molecular flexibility index (Phi) is 4.49. The lowest BCUT2D eigenvalue weighted by Crippen LogP contribution is -2.25. The first-order chi connectivity index (χ1) is 10.0. The normalized spacial score (nSPS) is 12.2. The van der Waals surface area contributed by atoms with Crippen LogP contribution in [0.5, 0.6) is 0 Å². The van der Waals surface area contributed by atoms with Crippen molar-refractivity contribution >= 4 is 32.2 Å². The van der Waals surface area contributed by atoms with Gasteiger partial charge >= 0.3 is 0 Å². The molecular formula is C15H21N3O2S2. The lowest BCUT2D eigenvalue weighted by molar-refractivity contribution is 0.607. The smallest absolute Gasteiger partial charge is 0.229 e. The van der Waals surface area contributed by atoms with Crippen molar-refractivity contribution in [2.45, 2.75) is 33.2 Å². The summed E-state index contributed by atoms with van der Waals surface area (Å²) in [6.07, 6.45) is 1.13. The van der Waals surface area contributed by atoms with E-state index in [0.717, 1.165) is 27.5 Å². The Morgan fingerprint density at radius 1 is 1.14 bits per heavy atom. The fourth-order valence-corrected chi connectivity index (χ4v) is 3.56. The molecule has 1 heterocycles. The monoisotopic (exact) mass is 339 g/mol. The third-order valence-corrected chi connectivity index (χ3v) is 4.23. The average Bonchev–Trinajstić information content (AvgIpc) is 2.66. The summed E-state index contributed by atoms with van der Waals surface area (Å²) in [6, 6.07) is 7.23. The highest BCUT2D eigenvalue weighted by Gasteiger charge is 2.15. The summed E-state index contributed by atoms with van der Waals surface area (Å²) < 4.78 is 24.9. The summed E-state index contributed by atoms with van der Waals surface area (Å²) in [7, 11) is -3.25. The number of nitrogens with one attached hydrogen (secondary N) is 2. The summed E-state index contributed by atoms with van der Waals surface area (Å²) in [5, 5.41) is 4.26. The lowest BCUT2D eigenvalue weighted by Gasteiger charge is -2.19.